The highest BCUT2D eigenvalue weighted by Crippen LogP contribution is 2.19. The number of carbonyl (C=O) groups excluding carboxylic acids is 1. The van der Waals surface area contributed by atoms with E-state index in [-0.39, 0.29) is 11.9 Å². The van der Waals surface area contributed by atoms with Crippen molar-refractivity contribution >= 4 is 11.6 Å². The molecule has 4 rings (SSSR count). The summed E-state index contributed by atoms with van der Waals surface area (Å²) < 4.78 is 0. The summed E-state index contributed by atoms with van der Waals surface area (Å²) in [5.74, 6) is -0.0298. The van der Waals surface area contributed by atoms with E-state index in [1.807, 2.05) is 12.1 Å². The number of carbonyl (C=O) groups is 1. The number of fused-ring (bicyclic) bond motifs is 3. The van der Waals surface area contributed by atoms with Crippen LogP contribution in [0.25, 0.3) is 0 Å². The topological polar surface area (TPSA) is 47.6 Å². The predicted molar refractivity (Wildman–Crippen MR) is 89.0 cm³/mol. The fraction of sp³-hybridized carbons (Fsp3) is 0.588. The minimum absolute atomic E-state index is 0.0298. The smallest absolute Gasteiger partial charge is 0.221 e. The molecule has 1 aromatic carbocycles. The average molecular weight is 302 g/mol. The van der Waals surface area contributed by atoms with Gasteiger partial charge in [-0.1, -0.05) is 12.1 Å². The Labute approximate surface area is 132 Å². The largest absolute Gasteiger partial charge is 0.326 e. The molecule has 3 aliphatic heterocycles. The molecule has 0 radical (unpaired) electrons. The van der Waals surface area contributed by atoms with Crippen molar-refractivity contribution in [3.05, 3.63) is 29.8 Å². The summed E-state index contributed by atoms with van der Waals surface area (Å²) in [4.78, 5) is 16.3. The van der Waals surface area contributed by atoms with E-state index in [0.717, 1.165) is 12.2 Å². The van der Waals surface area contributed by atoms with E-state index in [9.17, 15) is 4.79 Å². The van der Waals surface area contributed by atoms with Crippen molar-refractivity contribution in [2.75, 3.05) is 44.6 Å². The Morgan fingerprint density at radius 3 is 2.73 bits per heavy atom. The summed E-state index contributed by atoms with van der Waals surface area (Å²) in [6.07, 6.45) is 0. The molecule has 3 heterocycles. The number of anilines is 1. The van der Waals surface area contributed by atoms with Crippen LogP contribution in [-0.2, 0) is 4.79 Å². The third kappa shape index (κ3) is 3.66. The molecule has 120 valence electrons. The number of hydrogen-bond donors (Lipinski definition) is 2. The van der Waals surface area contributed by atoms with E-state index in [0.29, 0.717) is 6.04 Å². The van der Waals surface area contributed by atoms with Gasteiger partial charge in [-0.15, -0.1) is 0 Å². The number of benzene rings is 1. The first-order chi connectivity index (χ1) is 10.6. The maximum atomic E-state index is 11.2. The maximum Gasteiger partial charge on any atom is 0.221 e. The number of amides is 1. The second-order valence-corrected chi connectivity index (χ2v) is 6.43. The Kier molecular flexibility index (Phi) is 4.76. The third-order valence-electron chi connectivity index (χ3n) is 4.76. The lowest BCUT2D eigenvalue weighted by Crippen LogP contribution is -2.63. The summed E-state index contributed by atoms with van der Waals surface area (Å²) in [6.45, 7) is 10.8. The number of nitrogens with zero attached hydrogens (tertiary/aromatic N) is 2. The lowest BCUT2D eigenvalue weighted by Gasteiger charge is -2.47. The monoisotopic (exact) mass is 302 g/mol. The second-order valence-electron chi connectivity index (χ2n) is 6.43. The zero-order valence-electron chi connectivity index (χ0n) is 13.5. The zero-order valence-corrected chi connectivity index (χ0v) is 13.5. The van der Waals surface area contributed by atoms with Gasteiger partial charge in [0.15, 0.2) is 0 Å². The molecular formula is C17H26N4O. The van der Waals surface area contributed by atoms with Gasteiger partial charge in [0.25, 0.3) is 0 Å². The van der Waals surface area contributed by atoms with E-state index in [1.54, 1.807) is 0 Å². The SMILES string of the molecule is CC(=O)Nc1cccc(C(C)NCC2CN3CCN2CC3)c1. The summed E-state index contributed by atoms with van der Waals surface area (Å²) >= 11 is 0. The maximum absolute atomic E-state index is 11.2. The van der Waals surface area contributed by atoms with Crippen LogP contribution >= 0.6 is 0 Å². The van der Waals surface area contributed by atoms with Crippen LogP contribution in [-0.4, -0.2) is 61.0 Å². The van der Waals surface area contributed by atoms with Crippen molar-refractivity contribution in [1.82, 2.24) is 15.1 Å². The highest BCUT2D eigenvalue weighted by Gasteiger charge is 2.31. The van der Waals surface area contributed by atoms with Crippen molar-refractivity contribution in [3.8, 4) is 0 Å². The van der Waals surface area contributed by atoms with Crippen LogP contribution < -0.4 is 10.6 Å². The number of rotatable bonds is 5. The van der Waals surface area contributed by atoms with Crippen LogP contribution in [0.15, 0.2) is 24.3 Å². The lowest BCUT2D eigenvalue weighted by atomic mass is 10.1. The van der Waals surface area contributed by atoms with Gasteiger partial charge in [-0.25, -0.2) is 0 Å². The third-order valence-corrected chi connectivity index (χ3v) is 4.76. The summed E-state index contributed by atoms with van der Waals surface area (Å²) in [7, 11) is 0. The van der Waals surface area contributed by atoms with Crippen LogP contribution in [0.5, 0.6) is 0 Å². The Morgan fingerprint density at radius 2 is 2.09 bits per heavy atom. The zero-order chi connectivity index (χ0) is 15.5. The molecule has 1 amide bonds. The van der Waals surface area contributed by atoms with Gasteiger partial charge < -0.3 is 10.6 Å². The summed E-state index contributed by atoms with van der Waals surface area (Å²) in [6, 6.07) is 9.00. The molecule has 5 nitrogen and oxygen atoms in total. The molecule has 3 fully saturated rings. The summed E-state index contributed by atoms with van der Waals surface area (Å²) in [5.41, 5.74) is 2.08. The van der Waals surface area contributed by atoms with Crippen molar-refractivity contribution in [1.29, 1.82) is 0 Å². The number of hydrogen-bond acceptors (Lipinski definition) is 4. The molecule has 3 saturated heterocycles. The Hall–Kier alpha value is -1.43. The fourth-order valence-corrected chi connectivity index (χ4v) is 3.44. The van der Waals surface area contributed by atoms with Gasteiger partial charge in [0.05, 0.1) is 0 Å². The molecule has 3 aliphatic rings. The molecule has 2 unspecified atom stereocenters. The first-order valence-electron chi connectivity index (χ1n) is 8.19. The molecule has 22 heavy (non-hydrogen) atoms. The molecule has 2 atom stereocenters. The van der Waals surface area contributed by atoms with Gasteiger partial charge >= 0.3 is 0 Å². The van der Waals surface area contributed by atoms with E-state index >= 15 is 0 Å². The van der Waals surface area contributed by atoms with Gasteiger partial charge in [-0.05, 0) is 24.6 Å². The highest BCUT2D eigenvalue weighted by molar-refractivity contribution is 5.88. The fourth-order valence-electron chi connectivity index (χ4n) is 3.44. The molecule has 0 aliphatic carbocycles. The van der Waals surface area contributed by atoms with Crippen molar-refractivity contribution in [2.45, 2.75) is 25.9 Å². The molecule has 1 aromatic rings. The Morgan fingerprint density at radius 1 is 1.32 bits per heavy atom. The van der Waals surface area contributed by atoms with E-state index in [2.05, 4.69) is 39.5 Å². The first-order valence-corrected chi connectivity index (χ1v) is 8.19. The predicted octanol–water partition coefficient (Wildman–Crippen LogP) is 1.30. The molecule has 2 N–H and O–H groups in total. The molecule has 0 saturated carbocycles. The minimum atomic E-state index is -0.0298. The van der Waals surface area contributed by atoms with Crippen LogP contribution in [0.2, 0.25) is 0 Å². The second kappa shape index (κ2) is 6.77. The van der Waals surface area contributed by atoms with Crippen LogP contribution in [0.3, 0.4) is 0 Å². The average Bonchev–Trinajstić information content (AvgIpc) is 2.53. The van der Waals surface area contributed by atoms with E-state index < -0.39 is 0 Å². The standard InChI is InChI=1S/C17H26N4O/c1-13(15-4-3-5-16(10-15)19-14(2)22)18-11-17-12-20-6-8-21(17)9-7-20/h3-5,10,13,17-18H,6-9,11-12H2,1-2H3,(H,19,22). The number of piperazine rings is 3. The van der Waals surface area contributed by atoms with Gasteiger partial charge in [0.2, 0.25) is 5.91 Å². The molecule has 2 bridgehead atoms. The van der Waals surface area contributed by atoms with Crippen molar-refractivity contribution in [2.24, 2.45) is 0 Å². The van der Waals surface area contributed by atoms with Crippen LogP contribution in [0, 0.1) is 0 Å². The van der Waals surface area contributed by atoms with Crippen LogP contribution in [0.4, 0.5) is 5.69 Å². The van der Waals surface area contributed by atoms with Crippen molar-refractivity contribution < 1.29 is 4.79 Å². The molecule has 0 aromatic heterocycles. The van der Waals surface area contributed by atoms with Gasteiger partial charge in [0.1, 0.15) is 0 Å². The van der Waals surface area contributed by atoms with Gasteiger partial charge in [-0.2, -0.15) is 0 Å². The number of nitrogens with one attached hydrogen (secondary N) is 2. The van der Waals surface area contributed by atoms with Crippen LogP contribution in [0.1, 0.15) is 25.5 Å². The molecule has 0 spiro atoms. The molecule has 5 heteroatoms. The lowest BCUT2D eigenvalue weighted by molar-refractivity contribution is -0.114. The molecular weight excluding hydrogens is 276 g/mol. The van der Waals surface area contributed by atoms with E-state index in [1.165, 1.54) is 45.2 Å². The highest BCUT2D eigenvalue weighted by atomic mass is 16.1. The minimum Gasteiger partial charge on any atom is -0.326 e. The van der Waals surface area contributed by atoms with E-state index in [4.69, 9.17) is 0 Å². The Balaban J connectivity index is 1.55. The Bertz CT molecular complexity index is 525. The summed E-state index contributed by atoms with van der Waals surface area (Å²) in [5, 5.41) is 6.50. The normalized spacial score (nSPS) is 28.4. The first kappa shape index (κ1) is 15.5. The van der Waals surface area contributed by atoms with Gasteiger partial charge in [0, 0.05) is 64.0 Å². The quantitative estimate of drug-likeness (QED) is 0.861. The van der Waals surface area contributed by atoms with Crippen molar-refractivity contribution in [3.63, 3.8) is 0 Å². The van der Waals surface area contributed by atoms with Gasteiger partial charge in [-0.3, -0.25) is 14.6 Å².